The summed E-state index contributed by atoms with van der Waals surface area (Å²) >= 11 is 7.41. The zero-order valence-electron chi connectivity index (χ0n) is 9.50. The lowest BCUT2D eigenvalue weighted by Crippen LogP contribution is -2.19. The minimum Gasteiger partial charge on any atom is -0.383 e. The van der Waals surface area contributed by atoms with Crippen LogP contribution in [0.3, 0.4) is 0 Å². The van der Waals surface area contributed by atoms with E-state index in [9.17, 15) is 0 Å². The summed E-state index contributed by atoms with van der Waals surface area (Å²) in [5.41, 5.74) is 2.08. The van der Waals surface area contributed by atoms with Gasteiger partial charge in [-0.05, 0) is 6.07 Å². The number of nitrogens with one attached hydrogen (secondary N) is 2. The molecule has 0 spiro atoms. The Bertz CT molecular complexity index is 469. The number of H-pyrrole nitrogens is 1. The summed E-state index contributed by atoms with van der Waals surface area (Å²) in [7, 11) is 1.69. The van der Waals surface area contributed by atoms with E-state index in [1.54, 1.807) is 7.11 Å². The number of thiophene rings is 1. The van der Waals surface area contributed by atoms with Crippen LogP contribution in [0.2, 0.25) is 4.34 Å². The second-order valence-electron chi connectivity index (χ2n) is 3.55. The molecule has 92 valence electrons. The standard InChI is InChI=1S/C11H14ClN3OS/c1-16-3-2-13-6-11-14-5-9(15-11)8-4-10(12)17-7-8/h4-5,7,13H,2-3,6H2,1H3,(H,14,15). The molecule has 4 nitrogen and oxygen atoms in total. The van der Waals surface area contributed by atoms with E-state index in [-0.39, 0.29) is 0 Å². The zero-order chi connectivity index (χ0) is 12.1. The maximum absolute atomic E-state index is 5.89. The Morgan fingerprint density at radius 1 is 1.59 bits per heavy atom. The van der Waals surface area contributed by atoms with Crippen molar-refractivity contribution >= 4 is 22.9 Å². The van der Waals surface area contributed by atoms with Crippen molar-refractivity contribution in [1.82, 2.24) is 15.3 Å². The van der Waals surface area contributed by atoms with Crippen molar-refractivity contribution in [3.8, 4) is 11.3 Å². The van der Waals surface area contributed by atoms with E-state index < -0.39 is 0 Å². The fourth-order valence-electron chi connectivity index (χ4n) is 1.43. The molecule has 2 rings (SSSR count). The molecule has 6 heteroatoms. The van der Waals surface area contributed by atoms with Crippen LogP contribution in [-0.2, 0) is 11.3 Å². The molecular weight excluding hydrogens is 258 g/mol. The number of imidazole rings is 1. The topological polar surface area (TPSA) is 49.9 Å². The van der Waals surface area contributed by atoms with Crippen molar-refractivity contribution in [1.29, 1.82) is 0 Å². The summed E-state index contributed by atoms with van der Waals surface area (Å²) in [6.07, 6.45) is 1.83. The first-order valence-corrected chi connectivity index (χ1v) is 6.53. The van der Waals surface area contributed by atoms with Gasteiger partial charge in [0.15, 0.2) is 0 Å². The molecule has 0 aliphatic rings. The number of hydrogen-bond acceptors (Lipinski definition) is 4. The first kappa shape index (κ1) is 12.6. The first-order valence-electron chi connectivity index (χ1n) is 5.27. The molecule has 0 radical (unpaired) electrons. The summed E-state index contributed by atoms with van der Waals surface area (Å²) in [5, 5.41) is 5.24. The summed E-state index contributed by atoms with van der Waals surface area (Å²) in [4.78, 5) is 7.56. The van der Waals surface area contributed by atoms with Crippen LogP contribution >= 0.6 is 22.9 Å². The highest BCUT2D eigenvalue weighted by Gasteiger charge is 2.05. The average molecular weight is 272 g/mol. The van der Waals surface area contributed by atoms with Crippen molar-refractivity contribution in [2.24, 2.45) is 0 Å². The van der Waals surface area contributed by atoms with Gasteiger partial charge in [-0.25, -0.2) is 4.98 Å². The summed E-state index contributed by atoms with van der Waals surface area (Å²) < 4.78 is 5.74. The van der Waals surface area contributed by atoms with E-state index in [0.29, 0.717) is 13.2 Å². The molecule has 0 aliphatic heterocycles. The Kier molecular flexibility index (Phi) is 4.56. The molecule has 0 aliphatic carbocycles. The van der Waals surface area contributed by atoms with Crippen LogP contribution in [0.25, 0.3) is 11.3 Å². The molecule has 2 heterocycles. The smallest absolute Gasteiger partial charge is 0.120 e. The maximum atomic E-state index is 5.89. The number of hydrogen-bond donors (Lipinski definition) is 2. The fourth-order valence-corrected chi connectivity index (χ4v) is 2.31. The fraction of sp³-hybridized carbons (Fsp3) is 0.364. The molecule has 0 unspecified atom stereocenters. The monoisotopic (exact) mass is 271 g/mol. The third-order valence-electron chi connectivity index (χ3n) is 2.28. The molecule has 0 aromatic carbocycles. The van der Waals surface area contributed by atoms with Crippen molar-refractivity contribution in [2.75, 3.05) is 20.3 Å². The molecule has 0 atom stereocenters. The van der Waals surface area contributed by atoms with E-state index >= 15 is 0 Å². The predicted octanol–water partition coefficient (Wildman–Crippen LogP) is 2.53. The van der Waals surface area contributed by atoms with Crippen LogP contribution in [0.4, 0.5) is 0 Å². The Morgan fingerprint density at radius 3 is 3.18 bits per heavy atom. The lowest BCUT2D eigenvalue weighted by Gasteiger charge is -2.00. The second kappa shape index (κ2) is 6.16. The predicted molar refractivity (Wildman–Crippen MR) is 70.5 cm³/mol. The SMILES string of the molecule is COCCNCc1ncc(-c2csc(Cl)c2)[nH]1. The lowest BCUT2D eigenvalue weighted by molar-refractivity contribution is 0.199. The van der Waals surface area contributed by atoms with Crippen LogP contribution in [0.1, 0.15) is 5.82 Å². The maximum Gasteiger partial charge on any atom is 0.120 e. The van der Waals surface area contributed by atoms with Gasteiger partial charge in [-0.15, -0.1) is 11.3 Å². The van der Waals surface area contributed by atoms with Gasteiger partial charge in [0.05, 0.1) is 29.4 Å². The normalized spacial score (nSPS) is 10.9. The van der Waals surface area contributed by atoms with E-state index in [2.05, 4.69) is 15.3 Å². The molecule has 0 amide bonds. The molecule has 17 heavy (non-hydrogen) atoms. The van der Waals surface area contributed by atoms with Crippen LogP contribution in [0, 0.1) is 0 Å². The molecule has 0 saturated heterocycles. The minimum atomic E-state index is 0.702. The van der Waals surface area contributed by atoms with Gasteiger partial charge >= 0.3 is 0 Å². The van der Waals surface area contributed by atoms with Gasteiger partial charge in [0.1, 0.15) is 5.82 Å². The first-order chi connectivity index (χ1) is 8.29. The van der Waals surface area contributed by atoms with Crippen LogP contribution in [0.5, 0.6) is 0 Å². The third-order valence-corrected chi connectivity index (χ3v) is 3.37. The molecule has 2 aromatic rings. The Labute approximate surface area is 109 Å². The van der Waals surface area contributed by atoms with Crippen molar-refractivity contribution < 1.29 is 4.74 Å². The van der Waals surface area contributed by atoms with Gasteiger partial charge in [0, 0.05) is 24.6 Å². The highest BCUT2D eigenvalue weighted by molar-refractivity contribution is 7.14. The Hall–Kier alpha value is -0.880. The van der Waals surface area contributed by atoms with E-state index in [1.165, 1.54) is 11.3 Å². The number of aromatic nitrogens is 2. The quantitative estimate of drug-likeness (QED) is 0.794. The number of halogens is 1. The third kappa shape index (κ3) is 3.54. The van der Waals surface area contributed by atoms with Crippen molar-refractivity contribution in [2.45, 2.75) is 6.54 Å². The van der Waals surface area contributed by atoms with E-state index in [4.69, 9.17) is 16.3 Å². The van der Waals surface area contributed by atoms with Crippen molar-refractivity contribution in [3.05, 3.63) is 27.8 Å². The molecule has 0 saturated carbocycles. The van der Waals surface area contributed by atoms with Crippen LogP contribution in [-0.4, -0.2) is 30.2 Å². The lowest BCUT2D eigenvalue weighted by atomic mass is 10.3. The summed E-state index contributed by atoms with van der Waals surface area (Å²) in [6.45, 7) is 2.23. The van der Waals surface area contributed by atoms with Crippen LogP contribution in [0.15, 0.2) is 17.6 Å². The number of methoxy groups -OCH3 is 1. The van der Waals surface area contributed by atoms with Gasteiger partial charge in [0.2, 0.25) is 0 Å². The van der Waals surface area contributed by atoms with Crippen LogP contribution < -0.4 is 5.32 Å². The Morgan fingerprint density at radius 2 is 2.47 bits per heavy atom. The van der Waals surface area contributed by atoms with Gasteiger partial charge in [-0.3, -0.25) is 0 Å². The minimum absolute atomic E-state index is 0.702. The van der Waals surface area contributed by atoms with Gasteiger partial charge in [-0.2, -0.15) is 0 Å². The van der Waals surface area contributed by atoms with E-state index in [0.717, 1.165) is 28.0 Å². The average Bonchev–Trinajstić information content (AvgIpc) is 2.93. The summed E-state index contributed by atoms with van der Waals surface area (Å²) in [6, 6.07) is 1.93. The van der Waals surface area contributed by atoms with Gasteiger partial charge in [-0.1, -0.05) is 11.6 Å². The van der Waals surface area contributed by atoms with E-state index in [1.807, 2.05) is 17.6 Å². The highest BCUT2D eigenvalue weighted by Crippen LogP contribution is 2.27. The van der Waals surface area contributed by atoms with Gasteiger partial charge < -0.3 is 15.0 Å². The number of rotatable bonds is 6. The molecule has 0 fully saturated rings. The number of ether oxygens (including phenoxy) is 1. The molecule has 0 bridgehead atoms. The largest absolute Gasteiger partial charge is 0.383 e. The number of aromatic amines is 1. The zero-order valence-corrected chi connectivity index (χ0v) is 11.1. The Balaban J connectivity index is 1.92. The highest BCUT2D eigenvalue weighted by atomic mass is 35.5. The number of nitrogens with zero attached hydrogens (tertiary/aromatic N) is 1. The molecule has 2 N–H and O–H groups in total. The molecule has 2 aromatic heterocycles. The van der Waals surface area contributed by atoms with Crippen molar-refractivity contribution in [3.63, 3.8) is 0 Å². The van der Waals surface area contributed by atoms with Gasteiger partial charge in [0.25, 0.3) is 0 Å². The second-order valence-corrected chi connectivity index (χ2v) is 5.10. The summed E-state index contributed by atoms with van der Waals surface area (Å²) in [5.74, 6) is 0.915. The molecular formula is C11H14ClN3OS.